The summed E-state index contributed by atoms with van der Waals surface area (Å²) < 4.78 is 74.1. The number of aromatic nitrogens is 2. The Morgan fingerprint density at radius 3 is 2.12 bits per heavy atom. The van der Waals surface area contributed by atoms with Crippen LogP contribution < -0.4 is 10.6 Å². The van der Waals surface area contributed by atoms with E-state index in [1.165, 1.54) is 35.5 Å². The van der Waals surface area contributed by atoms with Gasteiger partial charge in [-0.3, -0.25) is 9.89 Å². The number of H-pyrrole nitrogens is 1. The fraction of sp³-hybridized carbons (Fsp3) is 0.286. The first kappa shape index (κ1) is 39.0. The molecule has 0 spiro atoms. The molecule has 0 aliphatic heterocycles. The van der Waals surface area contributed by atoms with E-state index >= 15 is 0 Å². The number of hydrogen-bond acceptors (Lipinski definition) is 8. The molecule has 0 aliphatic rings. The van der Waals surface area contributed by atoms with Crippen LogP contribution in [0.3, 0.4) is 0 Å². The number of nitrogens with zero attached hydrogens (tertiary/aromatic N) is 2. The SMILES string of the molecule is COC(=O)NCC(=O)NC(c1ccc(C(CO)N(C(C)C)S(=O)(=O)c2ccc3cn[nH]c3c2)s1)C(F)(F)F.c1ccc(Cc2ccccc2)cc1. The lowest BCUT2D eigenvalue weighted by Gasteiger charge is -2.32. The Morgan fingerprint density at radius 2 is 1.57 bits per heavy atom. The number of ether oxygens (including phenoxy) is 1. The highest BCUT2D eigenvalue weighted by Gasteiger charge is 2.44. The second kappa shape index (κ2) is 17.4. The lowest BCUT2D eigenvalue weighted by molar-refractivity contribution is -0.162. The van der Waals surface area contributed by atoms with Crippen LogP contribution in [0.4, 0.5) is 18.0 Å². The van der Waals surface area contributed by atoms with Crippen LogP contribution in [-0.4, -0.2) is 72.5 Å². The molecule has 11 nitrogen and oxygen atoms in total. The van der Waals surface area contributed by atoms with E-state index in [-0.39, 0.29) is 14.6 Å². The maximum absolute atomic E-state index is 13.8. The molecular formula is C35H38F3N5O6S2. The van der Waals surface area contributed by atoms with Crippen molar-refractivity contribution in [3.63, 3.8) is 0 Å². The number of methoxy groups -OCH3 is 1. The second-order valence-electron chi connectivity index (χ2n) is 11.5. The molecule has 2 heterocycles. The van der Waals surface area contributed by atoms with Crippen molar-refractivity contribution >= 4 is 44.3 Å². The molecule has 0 radical (unpaired) electrons. The van der Waals surface area contributed by atoms with Crippen molar-refractivity contribution in [1.29, 1.82) is 0 Å². The van der Waals surface area contributed by atoms with Gasteiger partial charge in [0, 0.05) is 21.2 Å². The highest BCUT2D eigenvalue weighted by molar-refractivity contribution is 7.89. The molecule has 5 rings (SSSR count). The van der Waals surface area contributed by atoms with Gasteiger partial charge in [0.05, 0.1) is 36.4 Å². The highest BCUT2D eigenvalue weighted by atomic mass is 32.2. The number of carbonyl (C=O) groups excluding carboxylic acids is 2. The Bertz CT molecular complexity index is 1950. The summed E-state index contributed by atoms with van der Waals surface area (Å²) in [5, 5.41) is 21.2. The van der Waals surface area contributed by atoms with E-state index in [2.05, 4.69) is 75.6 Å². The fourth-order valence-corrected chi connectivity index (χ4v) is 8.25. The van der Waals surface area contributed by atoms with Gasteiger partial charge in [-0.2, -0.15) is 22.6 Å². The smallest absolute Gasteiger partial charge is 0.413 e. The number of aliphatic hydroxyl groups is 1. The van der Waals surface area contributed by atoms with E-state index in [4.69, 9.17) is 0 Å². The standard InChI is InChI=1S/C22H26F3N5O6S2.C13H12/c1-12(2)30(38(34,35)14-5-4-13-9-27-29-15(13)8-14)16(11-31)17-6-7-18(37-17)20(22(23,24)25)28-19(32)10-26-21(33)36-3;1-3-7-12(8-4-1)11-13-9-5-2-6-10-13/h4-9,12,16,20,31H,10-11H2,1-3H3,(H,26,33)(H,27,29)(H,28,32);1-10H,11H2. The van der Waals surface area contributed by atoms with Crippen LogP contribution in [0.1, 0.15) is 46.8 Å². The fourth-order valence-electron chi connectivity index (χ4n) is 5.18. The van der Waals surface area contributed by atoms with E-state index in [0.717, 1.165) is 23.9 Å². The predicted octanol–water partition coefficient (Wildman–Crippen LogP) is 6.11. The first-order valence-electron chi connectivity index (χ1n) is 15.7. The Morgan fingerprint density at radius 1 is 0.961 bits per heavy atom. The first-order valence-corrected chi connectivity index (χ1v) is 17.9. The first-order chi connectivity index (χ1) is 24.2. The van der Waals surface area contributed by atoms with Crippen LogP contribution in [-0.2, 0) is 26.0 Å². The van der Waals surface area contributed by atoms with Crippen molar-refractivity contribution in [3.05, 3.63) is 118 Å². The third-order valence-corrected chi connectivity index (χ3v) is 10.9. The normalized spacial score (nSPS) is 13.0. The minimum absolute atomic E-state index is 0.0864. The van der Waals surface area contributed by atoms with Gasteiger partial charge in [0.2, 0.25) is 15.9 Å². The van der Waals surface area contributed by atoms with Gasteiger partial charge in [-0.05, 0) is 61.7 Å². The predicted molar refractivity (Wildman–Crippen MR) is 187 cm³/mol. The van der Waals surface area contributed by atoms with Gasteiger partial charge in [-0.15, -0.1) is 11.3 Å². The molecule has 51 heavy (non-hydrogen) atoms. The lowest BCUT2D eigenvalue weighted by Crippen LogP contribution is -2.43. The largest absolute Gasteiger partial charge is 0.453 e. The highest BCUT2D eigenvalue weighted by Crippen LogP contribution is 2.40. The number of alkyl halides is 3. The van der Waals surface area contributed by atoms with Crippen LogP contribution in [0.25, 0.3) is 10.9 Å². The molecule has 2 atom stereocenters. The number of aliphatic hydroxyl groups excluding tert-OH is 1. The molecule has 0 fully saturated rings. The summed E-state index contributed by atoms with van der Waals surface area (Å²) in [6.45, 7) is 1.69. The number of alkyl carbamates (subject to hydrolysis) is 1. The average Bonchev–Trinajstić information content (AvgIpc) is 3.78. The molecule has 0 bridgehead atoms. The number of fused-ring (bicyclic) bond motifs is 1. The number of sulfonamides is 1. The molecule has 2 unspecified atom stereocenters. The van der Waals surface area contributed by atoms with Crippen LogP contribution in [0.5, 0.6) is 0 Å². The zero-order valence-electron chi connectivity index (χ0n) is 27.9. The molecule has 272 valence electrons. The molecule has 3 aromatic carbocycles. The van der Waals surface area contributed by atoms with Gasteiger partial charge in [-0.25, -0.2) is 13.2 Å². The zero-order chi connectivity index (χ0) is 37.2. The molecule has 0 aliphatic carbocycles. The van der Waals surface area contributed by atoms with Gasteiger partial charge in [-0.1, -0.05) is 60.7 Å². The third-order valence-electron chi connectivity index (χ3n) is 7.54. The van der Waals surface area contributed by atoms with Crippen molar-refractivity contribution in [2.75, 3.05) is 20.3 Å². The summed E-state index contributed by atoms with van der Waals surface area (Å²) in [5.41, 5.74) is 3.21. The number of benzene rings is 3. The number of amides is 2. The maximum Gasteiger partial charge on any atom is 0.413 e. The minimum atomic E-state index is -4.90. The number of rotatable bonds is 12. The monoisotopic (exact) mass is 745 g/mol. The quantitative estimate of drug-likeness (QED) is 0.120. The van der Waals surface area contributed by atoms with Crippen LogP contribution in [0.15, 0.2) is 102 Å². The summed E-state index contributed by atoms with van der Waals surface area (Å²) in [6, 6.07) is 23.5. The Hall–Kier alpha value is -4.77. The molecule has 16 heteroatoms. The zero-order valence-corrected chi connectivity index (χ0v) is 29.6. The Kier molecular flexibility index (Phi) is 13.3. The van der Waals surface area contributed by atoms with Gasteiger partial charge in [0.25, 0.3) is 0 Å². The van der Waals surface area contributed by atoms with Crippen molar-refractivity contribution < 1.29 is 41.0 Å². The summed E-state index contributed by atoms with van der Waals surface area (Å²) in [4.78, 5) is 22.9. The lowest BCUT2D eigenvalue weighted by atomic mass is 10.1. The number of nitrogens with one attached hydrogen (secondary N) is 3. The second-order valence-corrected chi connectivity index (χ2v) is 14.5. The number of carbonyl (C=O) groups is 2. The van der Waals surface area contributed by atoms with Crippen LogP contribution in [0, 0.1) is 0 Å². The topological polar surface area (TPSA) is 154 Å². The van der Waals surface area contributed by atoms with E-state index in [0.29, 0.717) is 22.2 Å². The number of hydrogen-bond donors (Lipinski definition) is 4. The van der Waals surface area contributed by atoms with Gasteiger partial charge in [0.15, 0.2) is 6.04 Å². The van der Waals surface area contributed by atoms with Gasteiger partial charge in [0.1, 0.15) is 6.54 Å². The van der Waals surface area contributed by atoms with E-state index in [1.807, 2.05) is 10.6 Å². The Labute approximate surface area is 297 Å². The average molecular weight is 746 g/mol. The van der Waals surface area contributed by atoms with E-state index in [9.17, 15) is 36.3 Å². The van der Waals surface area contributed by atoms with E-state index < -0.39 is 59.5 Å². The van der Waals surface area contributed by atoms with Crippen molar-refractivity contribution in [2.45, 2.75) is 49.5 Å². The minimum Gasteiger partial charge on any atom is -0.453 e. The molecule has 5 aromatic rings. The van der Waals surface area contributed by atoms with Gasteiger partial charge >= 0.3 is 12.3 Å². The number of halogens is 3. The molecule has 2 amide bonds. The molecule has 2 aromatic heterocycles. The summed E-state index contributed by atoms with van der Waals surface area (Å²) in [5.74, 6) is -1.12. The molecule has 4 N–H and O–H groups in total. The van der Waals surface area contributed by atoms with E-state index in [1.54, 1.807) is 19.9 Å². The molecule has 0 saturated heterocycles. The van der Waals surface area contributed by atoms with Gasteiger partial charge < -0.3 is 20.5 Å². The van der Waals surface area contributed by atoms with Crippen molar-refractivity contribution in [1.82, 2.24) is 25.1 Å². The number of thiophene rings is 1. The summed E-state index contributed by atoms with van der Waals surface area (Å²) >= 11 is 0.603. The number of aromatic amines is 1. The molecule has 0 saturated carbocycles. The Balaban J connectivity index is 0.000000372. The van der Waals surface area contributed by atoms with Crippen molar-refractivity contribution in [3.8, 4) is 0 Å². The van der Waals surface area contributed by atoms with Crippen LogP contribution in [0.2, 0.25) is 0 Å². The summed E-state index contributed by atoms with van der Waals surface area (Å²) in [7, 11) is -3.18. The van der Waals surface area contributed by atoms with Crippen molar-refractivity contribution in [2.24, 2.45) is 0 Å². The third kappa shape index (κ3) is 10.4. The maximum atomic E-state index is 13.8. The summed E-state index contributed by atoms with van der Waals surface area (Å²) in [6.07, 6.45) is -3.34. The van der Waals surface area contributed by atoms with Crippen LogP contribution >= 0.6 is 11.3 Å². The molecular weight excluding hydrogens is 708 g/mol.